The Labute approximate surface area is 118 Å². The molecule has 1 rings (SSSR count). The highest BCUT2D eigenvalue weighted by Crippen LogP contribution is 2.10. The molecule has 0 radical (unpaired) electrons. The van der Waals surface area contributed by atoms with Crippen LogP contribution in [-0.2, 0) is 14.6 Å². The summed E-state index contributed by atoms with van der Waals surface area (Å²) in [6.07, 6.45) is 1.40. The van der Waals surface area contributed by atoms with Gasteiger partial charge in [0.1, 0.15) is 0 Å². The van der Waals surface area contributed by atoms with E-state index in [0.717, 1.165) is 6.26 Å². The topological polar surface area (TPSA) is 92.3 Å². The Morgan fingerprint density at radius 1 is 1.10 bits per heavy atom. The lowest BCUT2D eigenvalue weighted by Gasteiger charge is -2.09. The Bertz CT molecular complexity index is 591. The zero-order valence-corrected chi connectivity index (χ0v) is 12.5. The second-order valence-corrected chi connectivity index (χ2v) is 6.91. The molecule has 1 aromatic carbocycles. The molecule has 0 bridgehead atoms. The molecular weight excluding hydrogens is 280 g/mol. The van der Waals surface area contributed by atoms with Gasteiger partial charge in [0.05, 0.1) is 4.90 Å². The predicted molar refractivity (Wildman–Crippen MR) is 74.6 cm³/mol. The second-order valence-electron chi connectivity index (χ2n) is 4.90. The molecule has 1 aromatic rings. The monoisotopic (exact) mass is 298 g/mol. The highest BCUT2D eigenvalue weighted by molar-refractivity contribution is 7.90. The zero-order chi connectivity index (χ0) is 15.3. The van der Waals surface area contributed by atoms with Gasteiger partial charge in [0.15, 0.2) is 9.84 Å². The van der Waals surface area contributed by atoms with Crippen LogP contribution in [0.1, 0.15) is 30.6 Å². The van der Waals surface area contributed by atoms with Crippen molar-refractivity contribution in [1.82, 2.24) is 10.9 Å². The Morgan fingerprint density at radius 3 is 2.10 bits per heavy atom. The lowest BCUT2D eigenvalue weighted by Crippen LogP contribution is -2.42. The van der Waals surface area contributed by atoms with E-state index < -0.39 is 15.7 Å². The minimum Gasteiger partial charge on any atom is -0.273 e. The Balaban J connectivity index is 2.63. The number of hydrogen-bond donors (Lipinski definition) is 2. The van der Waals surface area contributed by atoms with Gasteiger partial charge in [0.25, 0.3) is 5.91 Å². The summed E-state index contributed by atoms with van der Waals surface area (Å²) in [7, 11) is -3.29. The van der Waals surface area contributed by atoms with Gasteiger partial charge >= 0.3 is 0 Å². The maximum atomic E-state index is 11.7. The van der Waals surface area contributed by atoms with Crippen LogP contribution in [0.5, 0.6) is 0 Å². The molecule has 20 heavy (non-hydrogen) atoms. The van der Waals surface area contributed by atoms with E-state index in [9.17, 15) is 18.0 Å². The summed E-state index contributed by atoms with van der Waals surface area (Å²) in [4.78, 5) is 23.2. The van der Waals surface area contributed by atoms with Gasteiger partial charge in [-0.2, -0.15) is 0 Å². The van der Waals surface area contributed by atoms with E-state index in [1.54, 1.807) is 0 Å². The smallest absolute Gasteiger partial charge is 0.269 e. The van der Waals surface area contributed by atoms with Crippen molar-refractivity contribution < 1.29 is 18.0 Å². The minimum atomic E-state index is -3.29. The molecule has 0 aliphatic carbocycles. The normalized spacial score (nSPS) is 11.2. The van der Waals surface area contributed by atoms with E-state index >= 15 is 0 Å². The number of carbonyl (C=O) groups is 2. The number of nitrogens with one attached hydrogen (secondary N) is 2. The number of carbonyl (C=O) groups excluding carboxylic acids is 2. The molecule has 0 aliphatic rings. The molecular formula is C13H18N2O4S. The van der Waals surface area contributed by atoms with Gasteiger partial charge in [-0.25, -0.2) is 8.42 Å². The van der Waals surface area contributed by atoms with Crippen molar-refractivity contribution in [1.29, 1.82) is 0 Å². The van der Waals surface area contributed by atoms with E-state index in [1.165, 1.54) is 24.3 Å². The van der Waals surface area contributed by atoms with Gasteiger partial charge in [-0.3, -0.25) is 20.4 Å². The van der Waals surface area contributed by atoms with E-state index in [4.69, 9.17) is 0 Å². The number of hydrogen-bond acceptors (Lipinski definition) is 4. The summed E-state index contributed by atoms with van der Waals surface area (Å²) in [6.45, 7) is 3.79. The van der Waals surface area contributed by atoms with Crippen LogP contribution < -0.4 is 10.9 Å². The molecule has 2 amide bonds. The van der Waals surface area contributed by atoms with Crippen LogP contribution in [0, 0.1) is 5.92 Å². The quantitative estimate of drug-likeness (QED) is 0.808. The molecule has 7 heteroatoms. The molecule has 0 saturated carbocycles. The second kappa shape index (κ2) is 6.51. The third kappa shape index (κ3) is 5.00. The number of hydrazine groups is 1. The summed E-state index contributed by atoms with van der Waals surface area (Å²) < 4.78 is 22.5. The predicted octanol–water partition coefficient (Wildman–Crippen LogP) is 0.897. The Kier molecular flexibility index (Phi) is 5.26. The third-order valence-electron chi connectivity index (χ3n) is 2.45. The summed E-state index contributed by atoms with van der Waals surface area (Å²) in [5.41, 5.74) is 4.84. The number of sulfone groups is 1. The first-order valence-corrected chi connectivity index (χ1v) is 7.98. The molecule has 0 unspecified atom stereocenters. The van der Waals surface area contributed by atoms with Crippen molar-refractivity contribution >= 4 is 21.7 Å². The fourth-order valence-corrected chi connectivity index (χ4v) is 2.10. The summed E-state index contributed by atoms with van der Waals surface area (Å²) in [6, 6.07) is 5.47. The van der Waals surface area contributed by atoms with Crippen LogP contribution in [0.3, 0.4) is 0 Å². The average molecular weight is 298 g/mol. The van der Waals surface area contributed by atoms with Crippen LogP contribution in [0.25, 0.3) is 0 Å². The molecule has 0 aromatic heterocycles. The number of rotatable bonds is 4. The fourth-order valence-electron chi connectivity index (χ4n) is 1.47. The van der Waals surface area contributed by atoms with Gasteiger partial charge < -0.3 is 0 Å². The molecule has 0 fully saturated rings. The maximum absolute atomic E-state index is 11.7. The van der Waals surface area contributed by atoms with Crippen LogP contribution in [0.15, 0.2) is 29.2 Å². The van der Waals surface area contributed by atoms with Crippen LogP contribution >= 0.6 is 0 Å². The standard InChI is InChI=1S/C13H18N2O4S/c1-9(2)8-12(16)14-15-13(17)10-4-6-11(7-5-10)20(3,18)19/h4-7,9H,8H2,1-3H3,(H,14,16)(H,15,17). The van der Waals surface area contributed by atoms with Gasteiger partial charge in [0.2, 0.25) is 5.91 Å². The number of benzene rings is 1. The first kappa shape index (κ1) is 16.2. The van der Waals surface area contributed by atoms with Crippen molar-refractivity contribution in [2.45, 2.75) is 25.2 Å². The van der Waals surface area contributed by atoms with Crippen LogP contribution in [0.2, 0.25) is 0 Å². The molecule has 6 nitrogen and oxygen atoms in total. The van der Waals surface area contributed by atoms with E-state index in [1.807, 2.05) is 13.8 Å². The molecule has 0 atom stereocenters. The van der Waals surface area contributed by atoms with Crippen molar-refractivity contribution in [2.75, 3.05) is 6.26 Å². The Hall–Kier alpha value is -1.89. The van der Waals surface area contributed by atoms with Gasteiger partial charge in [-0.1, -0.05) is 13.8 Å². The van der Waals surface area contributed by atoms with Gasteiger partial charge in [0, 0.05) is 18.2 Å². The SMILES string of the molecule is CC(C)CC(=O)NNC(=O)c1ccc(S(C)(=O)=O)cc1. The van der Waals surface area contributed by atoms with Crippen LogP contribution in [-0.4, -0.2) is 26.5 Å². The highest BCUT2D eigenvalue weighted by Gasteiger charge is 2.11. The fraction of sp³-hybridized carbons (Fsp3) is 0.385. The molecule has 0 aliphatic heterocycles. The Morgan fingerprint density at radius 2 is 1.65 bits per heavy atom. The molecule has 0 heterocycles. The summed E-state index contributed by atoms with van der Waals surface area (Å²) in [5, 5.41) is 0. The van der Waals surface area contributed by atoms with Crippen molar-refractivity contribution in [3.05, 3.63) is 29.8 Å². The lowest BCUT2D eigenvalue weighted by molar-refractivity contribution is -0.122. The molecule has 0 spiro atoms. The van der Waals surface area contributed by atoms with Crippen LogP contribution in [0.4, 0.5) is 0 Å². The highest BCUT2D eigenvalue weighted by atomic mass is 32.2. The van der Waals surface area contributed by atoms with E-state index in [-0.39, 0.29) is 22.3 Å². The first-order valence-electron chi connectivity index (χ1n) is 6.09. The van der Waals surface area contributed by atoms with Gasteiger partial charge in [-0.05, 0) is 30.2 Å². The molecule has 2 N–H and O–H groups in total. The summed E-state index contributed by atoms with van der Waals surface area (Å²) >= 11 is 0. The average Bonchev–Trinajstić information content (AvgIpc) is 2.34. The maximum Gasteiger partial charge on any atom is 0.269 e. The van der Waals surface area contributed by atoms with E-state index in [2.05, 4.69) is 10.9 Å². The van der Waals surface area contributed by atoms with Crippen molar-refractivity contribution in [3.63, 3.8) is 0 Å². The van der Waals surface area contributed by atoms with E-state index in [0.29, 0.717) is 6.42 Å². The molecule has 0 saturated heterocycles. The zero-order valence-electron chi connectivity index (χ0n) is 11.6. The van der Waals surface area contributed by atoms with Gasteiger partial charge in [-0.15, -0.1) is 0 Å². The lowest BCUT2D eigenvalue weighted by atomic mass is 10.1. The molecule has 110 valence electrons. The number of amides is 2. The minimum absolute atomic E-state index is 0.137. The first-order chi connectivity index (χ1) is 9.20. The third-order valence-corrected chi connectivity index (χ3v) is 3.58. The van der Waals surface area contributed by atoms with Crippen molar-refractivity contribution in [2.24, 2.45) is 5.92 Å². The largest absolute Gasteiger partial charge is 0.273 e. The van der Waals surface area contributed by atoms with Crippen molar-refractivity contribution in [3.8, 4) is 0 Å². The summed E-state index contributed by atoms with van der Waals surface area (Å²) in [5.74, 6) is -0.579.